The summed E-state index contributed by atoms with van der Waals surface area (Å²) in [5.74, 6) is -1.29. The minimum atomic E-state index is -0.670. The van der Waals surface area contributed by atoms with Crippen molar-refractivity contribution < 1.29 is 14.7 Å². The summed E-state index contributed by atoms with van der Waals surface area (Å²) < 4.78 is 1.36. The number of Topliss-reactive ketones (excluding diaryl/α,β-unsaturated/α-hetero) is 1. The number of aromatic nitrogens is 1. The molecule has 1 amide bonds. The molecule has 7 nitrogen and oxygen atoms in total. The average molecular weight is 516 g/mol. The fraction of sp³-hybridized carbons (Fsp3) is 0.148. The zero-order chi connectivity index (χ0) is 25.8. The van der Waals surface area contributed by atoms with E-state index >= 15 is 0 Å². The molecule has 180 valence electrons. The van der Waals surface area contributed by atoms with Crippen LogP contribution in [0.5, 0.6) is 5.88 Å². The molecule has 0 atom stereocenters. The van der Waals surface area contributed by atoms with Crippen LogP contribution >= 0.6 is 24.0 Å². The summed E-state index contributed by atoms with van der Waals surface area (Å²) in [5.41, 5.74) is 0.721. The number of benzene rings is 2. The van der Waals surface area contributed by atoms with Crippen LogP contribution in [0.2, 0.25) is 0 Å². The van der Waals surface area contributed by atoms with E-state index in [4.69, 9.17) is 12.2 Å². The number of rotatable bonds is 7. The molecule has 2 heterocycles. The molecule has 0 spiro atoms. The first-order valence-electron chi connectivity index (χ1n) is 11.1. The molecule has 1 N–H and O–H groups in total. The number of hydrogen-bond acceptors (Lipinski definition) is 7. The first kappa shape index (κ1) is 25.1. The zero-order valence-electron chi connectivity index (χ0n) is 19.3. The van der Waals surface area contributed by atoms with E-state index in [9.17, 15) is 24.8 Å². The Kier molecular flexibility index (Phi) is 7.48. The monoisotopic (exact) mass is 515 g/mol. The van der Waals surface area contributed by atoms with Crippen LogP contribution in [0.4, 0.5) is 0 Å². The highest BCUT2D eigenvalue weighted by molar-refractivity contribution is 8.26. The van der Waals surface area contributed by atoms with Crippen LogP contribution in [0.25, 0.3) is 6.08 Å². The molecular formula is C27H21N3O4S2. The lowest BCUT2D eigenvalue weighted by Crippen LogP contribution is -2.31. The van der Waals surface area contributed by atoms with Crippen molar-refractivity contribution in [2.24, 2.45) is 0 Å². The molecule has 0 unspecified atom stereocenters. The van der Waals surface area contributed by atoms with Gasteiger partial charge in [0, 0.05) is 13.0 Å². The van der Waals surface area contributed by atoms with Crippen molar-refractivity contribution in [2.75, 3.05) is 6.54 Å². The number of hydrogen-bond donors (Lipinski definition) is 1. The highest BCUT2D eigenvalue weighted by Crippen LogP contribution is 2.33. The summed E-state index contributed by atoms with van der Waals surface area (Å²) in [7, 11) is 0. The second-order valence-corrected chi connectivity index (χ2v) is 9.78. The second kappa shape index (κ2) is 10.7. The number of aromatic hydroxyl groups is 1. The van der Waals surface area contributed by atoms with Crippen LogP contribution < -0.4 is 5.56 Å². The van der Waals surface area contributed by atoms with Gasteiger partial charge in [-0.2, -0.15) is 5.26 Å². The van der Waals surface area contributed by atoms with Gasteiger partial charge in [-0.05, 0) is 29.7 Å². The van der Waals surface area contributed by atoms with Crippen molar-refractivity contribution in [2.45, 2.75) is 19.9 Å². The number of ketones is 1. The normalized spacial score (nSPS) is 14.3. The van der Waals surface area contributed by atoms with Crippen molar-refractivity contribution in [3.63, 3.8) is 0 Å². The molecule has 0 aliphatic carbocycles. The number of amides is 1. The Bertz CT molecular complexity index is 1490. The fourth-order valence-electron chi connectivity index (χ4n) is 3.93. The molecule has 2 aromatic carbocycles. The van der Waals surface area contributed by atoms with Gasteiger partial charge in [0.05, 0.1) is 17.0 Å². The van der Waals surface area contributed by atoms with Gasteiger partial charge in [-0.1, -0.05) is 84.6 Å². The Morgan fingerprint density at radius 2 is 1.75 bits per heavy atom. The summed E-state index contributed by atoms with van der Waals surface area (Å²) in [6, 6.07) is 20.2. The number of carbonyl (C=O) groups excluding carboxylic acids is 2. The van der Waals surface area contributed by atoms with Gasteiger partial charge in [-0.15, -0.1) is 0 Å². The third-order valence-corrected chi connectivity index (χ3v) is 7.17. The van der Waals surface area contributed by atoms with E-state index < -0.39 is 17.2 Å². The minimum Gasteiger partial charge on any atom is -0.494 e. The summed E-state index contributed by atoms with van der Waals surface area (Å²) in [6.07, 6.45) is 1.60. The summed E-state index contributed by atoms with van der Waals surface area (Å²) in [6.45, 7) is 1.47. The van der Waals surface area contributed by atoms with Gasteiger partial charge in [0.1, 0.15) is 16.0 Å². The lowest BCUT2D eigenvalue weighted by molar-refractivity contribution is -0.122. The first-order chi connectivity index (χ1) is 17.3. The van der Waals surface area contributed by atoms with Gasteiger partial charge in [0.15, 0.2) is 5.78 Å². The standard InChI is InChI=1S/C27H21N3O4S2/c1-17-20(15-28)24(32)30(16-19-10-6-3-7-11-19)26(34)23(17)21(31)12-13-29-25(33)22(36-27(29)35)14-18-8-4-2-5-9-18/h2-11,14,34H,12-13,16H2,1H3/b22-14-. The SMILES string of the molecule is Cc1c(C(=O)CCN2C(=O)/C(=C/c3ccccc3)SC2=S)c(O)n(Cc2ccccc2)c(=O)c1C#N. The Balaban J connectivity index is 1.59. The summed E-state index contributed by atoms with van der Waals surface area (Å²) in [5, 5.41) is 20.5. The lowest BCUT2D eigenvalue weighted by Gasteiger charge is -2.17. The Labute approximate surface area is 217 Å². The predicted molar refractivity (Wildman–Crippen MR) is 143 cm³/mol. The van der Waals surface area contributed by atoms with Gasteiger partial charge in [0.2, 0.25) is 5.88 Å². The van der Waals surface area contributed by atoms with E-state index in [1.54, 1.807) is 30.3 Å². The molecular weight excluding hydrogens is 494 g/mol. The predicted octanol–water partition coefficient (Wildman–Crippen LogP) is 4.26. The maximum absolute atomic E-state index is 13.2. The van der Waals surface area contributed by atoms with Crippen molar-refractivity contribution >= 4 is 46.1 Å². The number of pyridine rings is 1. The molecule has 1 saturated heterocycles. The molecule has 1 fully saturated rings. The van der Waals surface area contributed by atoms with Crippen molar-refractivity contribution in [1.29, 1.82) is 5.26 Å². The van der Waals surface area contributed by atoms with E-state index in [2.05, 4.69) is 0 Å². The van der Waals surface area contributed by atoms with Crippen LogP contribution in [-0.2, 0) is 11.3 Å². The maximum atomic E-state index is 13.2. The van der Waals surface area contributed by atoms with E-state index in [0.29, 0.717) is 9.23 Å². The Morgan fingerprint density at radius 3 is 2.39 bits per heavy atom. The highest BCUT2D eigenvalue weighted by atomic mass is 32.2. The van der Waals surface area contributed by atoms with E-state index in [0.717, 1.165) is 27.5 Å². The molecule has 1 aliphatic rings. The quantitative estimate of drug-likeness (QED) is 0.285. The minimum absolute atomic E-state index is 0.000274. The largest absolute Gasteiger partial charge is 0.494 e. The molecule has 1 aromatic heterocycles. The fourth-order valence-corrected chi connectivity index (χ4v) is 5.24. The smallest absolute Gasteiger partial charge is 0.271 e. The van der Waals surface area contributed by atoms with Gasteiger partial charge >= 0.3 is 0 Å². The lowest BCUT2D eigenvalue weighted by atomic mass is 9.99. The van der Waals surface area contributed by atoms with Crippen LogP contribution in [0, 0.1) is 18.3 Å². The number of nitrogens with zero attached hydrogens (tertiary/aromatic N) is 3. The third kappa shape index (κ3) is 5.00. The van der Waals surface area contributed by atoms with Gasteiger partial charge in [-0.3, -0.25) is 23.9 Å². The molecule has 3 aromatic rings. The zero-order valence-corrected chi connectivity index (χ0v) is 20.9. The van der Waals surface area contributed by atoms with E-state index in [1.165, 1.54) is 11.8 Å². The van der Waals surface area contributed by atoms with Crippen molar-refractivity contribution in [3.8, 4) is 11.9 Å². The Hall–Kier alpha value is -4.00. The van der Waals surface area contributed by atoms with E-state index in [1.807, 2.05) is 42.5 Å². The van der Waals surface area contributed by atoms with Gasteiger partial charge < -0.3 is 5.11 Å². The molecule has 0 radical (unpaired) electrons. The van der Waals surface area contributed by atoms with Crippen LogP contribution in [0.3, 0.4) is 0 Å². The topological polar surface area (TPSA) is 103 Å². The molecule has 36 heavy (non-hydrogen) atoms. The average Bonchev–Trinajstić information content (AvgIpc) is 3.14. The van der Waals surface area contributed by atoms with Crippen LogP contribution in [0.15, 0.2) is 70.4 Å². The molecule has 1 aliphatic heterocycles. The van der Waals surface area contributed by atoms with Crippen LogP contribution in [0.1, 0.15) is 39.0 Å². The number of nitriles is 1. The molecule has 0 saturated carbocycles. The maximum Gasteiger partial charge on any atom is 0.271 e. The molecule has 4 rings (SSSR count). The van der Waals surface area contributed by atoms with E-state index in [-0.39, 0.29) is 42.1 Å². The first-order valence-corrected chi connectivity index (χ1v) is 12.3. The summed E-state index contributed by atoms with van der Waals surface area (Å²) >= 11 is 6.52. The summed E-state index contributed by atoms with van der Waals surface area (Å²) in [4.78, 5) is 40.8. The Morgan fingerprint density at radius 1 is 1.11 bits per heavy atom. The van der Waals surface area contributed by atoms with Crippen LogP contribution in [-0.4, -0.2) is 37.1 Å². The van der Waals surface area contributed by atoms with Crippen molar-refractivity contribution in [3.05, 3.63) is 104 Å². The number of carbonyl (C=O) groups is 2. The number of thioether (sulfide) groups is 1. The third-order valence-electron chi connectivity index (χ3n) is 5.80. The molecule has 9 heteroatoms. The van der Waals surface area contributed by atoms with Gasteiger partial charge in [-0.25, -0.2) is 0 Å². The van der Waals surface area contributed by atoms with Crippen molar-refractivity contribution in [1.82, 2.24) is 9.47 Å². The second-order valence-electron chi connectivity index (χ2n) is 8.10. The molecule has 0 bridgehead atoms. The van der Waals surface area contributed by atoms with Gasteiger partial charge in [0.25, 0.3) is 11.5 Å². The highest BCUT2D eigenvalue weighted by Gasteiger charge is 2.33. The number of thiocarbonyl (C=S) groups is 1.